The van der Waals surface area contributed by atoms with Crippen LogP contribution in [0.3, 0.4) is 0 Å². The molecule has 0 atom stereocenters. The minimum absolute atomic E-state index is 0.845. The minimum Gasteiger partial charge on any atom is -0.316 e. The highest BCUT2D eigenvalue weighted by Crippen LogP contribution is 2.12. The van der Waals surface area contributed by atoms with Gasteiger partial charge in [0.1, 0.15) is 0 Å². The van der Waals surface area contributed by atoms with Gasteiger partial charge in [0.2, 0.25) is 0 Å². The van der Waals surface area contributed by atoms with Crippen molar-refractivity contribution < 1.29 is 0 Å². The van der Waals surface area contributed by atoms with E-state index in [1.807, 2.05) is 14.0 Å². The third-order valence-corrected chi connectivity index (χ3v) is 2.91. The summed E-state index contributed by atoms with van der Waals surface area (Å²) in [5.74, 6) is 0. The van der Waals surface area contributed by atoms with E-state index in [-0.39, 0.29) is 0 Å². The molecule has 1 aromatic heterocycles. The number of nitrogens with zero attached hydrogens (tertiary/aromatic N) is 2. The Hall–Kier alpha value is -1.61. The molecule has 1 N–H and O–H groups in total. The fourth-order valence-electron chi connectivity index (χ4n) is 2.07. The van der Waals surface area contributed by atoms with E-state index in [2.05, 4.69) is 52.4 Å². The highest BCUT2D eigenvalue weighted by molar-refractivity contribution is 5.27. The molecule has 0 spiro atoms. The first-order valence-corrected chi connectivity index (χ1v) is 5.93. The van der Waals surface area contributed by atoms with Gasteiger partial charge in [0.05, 0.1) is 12.2 Å². The maximum absolute atomic E-state index is 4.50. The molecule has 0 radical (unpaired) electrons. The Morgan fingerprint density at radius 1 is 1.18 bits per heavy atom. The van der Waals surface area contributed by atoms with Crippen LogP contribution in [0.15, 0.2) is 30.3 Å². The second-order valence-corrected chi connectivity index (χ2v) is 4.38. The smallest absolute Gasteiger partial charge is 0.0665 e. The van der Waals surface area contributed by atoms with Crippen molar-refractivity contribution in [1.29, 1.82) is 0 Å². The SMILES string of the molecule is CNCc1ccccc1Cn1nc(C)cc1C. The van der Waals surface area contributed by atoms with Crippen molar-refractivity contribution in [3.63, 3.8) is 0 Å². The van der Waals surface area contributed by atoms with Gasteiger partial charge in [-0.25, -0.2) is 0 Å². The first kappa shape index (κ1) is 11.9. The normalized spacial score (nSPS) is 10.8. The lowest BCUT2D eigenvalue weighted by atomic mass is 10.1. The fourth-order valence-corrected chi connectivity index (χ4v) is 2.07. The summed E-state index contributed by atoms with van der Waals surface area (Å²) in [5.41, 5.74) is 4.95. The number of rotatable bonds is 4. The van der Waals surface area contributed by atoms with Gasteiger partial charge in [0.25, 0.3) is 0 Å². The third kappa shape index (κ3) is 2.74. The summed E-state index contributed by atoms with van der Waals surface area (Å²) in [6.07, 6.45) is 0. The second kappa shape index (κ2) is 5.15. The van der Waals surface area contributed by atoms with Crippen LogP contribution in [0.1, 0.15) is 22.5 Å². The fraction of sp³-hybridized carbons (Fsp3) is 0.357. The van der Waals surface area contributed by atoms with Gasteiger partial charge in [-0.1, -0.05) is 24.3 Å². The number of hydrogen-bond donors (Lipinski definition) is 1. The van der Waals surface area contributed by atoms with Crippen LogP contribution in [-0.4, -0.2) is 16.8 Å². The molecule has 0 saturated carbocycles. The lowest BCUT2D eigenvalue weighted by molar-refractivity contribution is 0.650. The van der Waals surface area contributed by atoms with Gasteiger partial charge in [0, 0.05) is 12.2 Å². The van der Waals surface area contributed by atoms with Crippen molar-refractivity contribution in [2.75, 3.05) is 7.05 Å². The van der Waals surface area contributed by atoms with Crippen molar-refractivity contribution >= 4 is 0 Å². The van der Waals surface area contributed by atoms with Gasteiger partial charge in [-0.2, -0.15) is 5.10 Å². The van der Waals surface area contributed by atoms with Crippen LogP contribution in [0.5, 0.6) is 0 Å². The standard InChI is InChI=1S/C14H19N3/c1-11-8-12(2)17(16-11)10-14-7-5-4-6-13(14)9-15-3/h4-8,15H,9-10H2,1-3H3. The molecule has 1 aromatic carbocycles. The number of aryl methyl sites for hydroxylation is 2. The Morgan fingerprint density at radius 2 is 1.88 bits per heavy atom. The van der Waals surface area contributed by atoms with Gasteiger partial charge < -0.3 is 5.32 Å². The second-order valence-electron chi connectivity index (χ2n) is 4.38. The van der Waals surface area contributed by atoms with E-state index < -0.39 is 0 Å². The minimum atomic E-state index is 0.845. The van der Waals surface area contributed by atoms with Crippen molar-refractivity contribution in [2.45, 2.75) is 26.9 Å². The van der Waals surface area contributed by atoms with Gasteiger partial charge in [-0.3, -0.25) is 4.68 Å². The molecule has 0 aliphatic rings. The maximum Gasteiger partial charge on any atom is 0.0665 e. The summed E-state index contributed by atoms with van der Waals surface area (Å²) < 4.78 is 2.06. The average molecular weight is 229 g/mol. The number of hydrogen-bond acceptors (Lipinski definition) is 2. The van der Waals surface area contributed by atoms with Crippen molar-refractivity contribution in [3.05, 3.63) is 52.8 Å². The van der Waals surface area contributed by atoms with Crippen molar-refractivity contribution in [1.82, 2.24) is 15.1 Å². The Bertz CT molecular complexity index is 500. The number of nitrogens with one attached hydrogen (secondary N) is 1. The van der Waals surface area contributed by atoms with E-state index in [1.165, 1.54) is 16.8 Å². The van der Waals surface area contributed by atoms with Crippen LogP contribution < -0.4 is 5.32 Å². The van der Waals surface area contributed by atoms with Gasteiger partial charge in [0.15, 0.2) is 0 Å². The molecule has 0 amide bonds. The summed E-state index contributed by atoms with van der Waals surface area (Å²) in [5, 5.41) is 7.70. The lowest BCUT2D eigenvalue weighted by Crippen LogP contribution is -2.11. The van der Waals surface area contributed by atoms with E-state index in [1.54, 1.807) is 0 Å². The van der Waals surface area contributed by atoms with Gasteiger partial charge in [-0.05, 0) is 38.1 Å². The molecule has 0 saturated heterocycles. The molecule has 0 unspecified atom stereocenters. The van der Waals surface area contributed by atoms with Crippen molar-refractivity contribution in [2.24, 2.45) is 0 Å². The zero-order valence-corrected chi connectivity index (χ0v) is 10.7. The first-order valence-electron chi connectivity index (χ1n) is 5.93. The molecule has 2 aromatic rings. The molecule has 3 heteroatoms. The molecule has 2 rings (SSSR count). The highest BCUT2D eigenvalue weighted by Gasteiger charge is 2.05. The van der Waals surface area contributed by atoms with Crippen molar-refractivity contribution in [3.8, 4) is 0 Å². The molecule has 0 fully saturated rings. The molecule has 3 nitrogen and oxygen atoms in total. The lowest BCUT2D eigenvalue weighted by Gasteiger charge is -2.10. The summed E-state index contributed by atoms with van der Waals surface area (Å²) in [7, 11) is 1.97. The van der Waals surface area contributed by atoms with Crippen LogP contribution in [0.2, 0.25) is 0 Å². The van der Waals surface area contributed by atoms with E-state index >= 15 is 0 Å². The van der Waals surface area contributed by atoms with E-state index in [0.717, 1.165) is 18.8 Å². The molecule has 0 bridgehead atoms. The number of aromatic nitrogens is 2. The van der Waals surface area contributed by atoms with Crippen LogP contribution in [0.4, 0.5) is 0 Å². The quantitative estimate of drug-likeness (QED) is 0.871. The molecule has 17 heavy (non-hydrogen) atoms. The summed E-state index contributed by atoms with van der Waals surface area (Å²) in [6, 6.07) is 10.6. The predicted molar refractivity (Wildman–Crippen MR) is 70.0 cm³/mol. The first-order chi connectivity index (χ1) is 8.20. The van der Waals surface area contributed by atoms with E-state index in [0.29, 0.717) is 0 Å². The third-order valence-electron chi connectivity index (χ3n) is 2.91. The molecular weight excluding hydrogens is 210 g/mol. The molecule has 1 heterocycles. The Balaban J connectivity index is 2.26. The highest BCUT2D eigenvalue weighted by atomic mass is 15.3. The van der Waals surface area contributed by atoms with E-state index in [9.17, 15) is 0 Å². The Morgan fingerprint density at radius 3 is 2.47 bits per heavy atom. The monoisotopic (exact) mass is 229 g/mol. The largest absolute Gasteiger partial charge is 0.316 e. The van der Waals surface area contributed by atoms with Crippen LogP contribution in [-0.2, 0) is 13.1 Å². The summed E-state index contributed by atoms with van der Waals surface area (Å²) in [4.78, 5) is 0. The molecule has 0 aliphatic carbocycles. The molecular formula is C14H19N3. The zero-order valence-electron chi connectivity index (χ0n) is 10.7. The summed E-state index contributed by atoms with van der Waals surface area (Å²) in [6.45, 7) is 5.87. The Kier molecular flexibility index (Phi) is 3.59. The van der Waals surface area contributed by atoms with Crippen LogP contribution in [0, 0.1) is 13.8 Å². The zero-order chi connectivity index (χ0) is 12.3. The van der Waals surface area contributed by atoms with Crippen LogP contribution >= 0.6 is 0 Å². The topological polar surface area (TPSA) is 29.9 Å². The molecule has 90 valence electrons. The number of benzene rings is 1. The van der Waals surface area contributed by atoms with Gasteiger partial charge >= 0.3 is 0 Å². The summed E-state index contributed by atoms with van der Waals surface area (Å²) >= 11 is 0. The predicted octanol–water partition coefficient (Wildman–Crippen LogP) is 2.27. The average Bonchev–Trinajstić information content (AvgIpc) is 2.61. The Labute approximate surface area is 102 Å². The van der Waals surface area contributed by atoms with Gasteiger partial charge in [-0.15, -0.1) is 0 Å². The van der Waals surface area contributed by atoms with E-state index in [4.69, 9.17) is 0 Å². The van der Waals surface area contributed by atoms with Crippen LogP contribution in [0.25, 0.3) is 0 Å². The molecule has 0 aliphatic heterocycles. The maximum atomic E-state index is 4.50.